The molecule has 0 aliphatic heterocycles. The van der Waals surface area contributed by atoms with Gasteiger partial charge in [-0.2, -0.15) is 5.10 Å². The number of amides is 1. The van der Waals surface area contributed by atoms with Gasteiger partial charge in [-0.15, -0.1) is 0 Å². The van der Waals surface area contributed by atoms with E-state index in [1.165, 1.54) is 14.2 Å². The maximum atomic E-state index is 12.7. The molecular formula is C25H23N3O4. The molecule has 0 saturated heterocycles. The summed E-state index contributed by atoms with van der Waals surface area (Å²) in [5.41, 5.74) is 6.54. The maximum absolute atomic E-state index is 12.7. The summed E-state index contributed by atoms with van der Waals surface area (Å²) in [6, 6.07) is 20.7. The molecule has 0 saturated carbocycles. The molecular weight excluding hydrogens is 406 g/mol. The predicted octanol–water partition coefficient (Wildman–Crippen LogP) is 4.62. The Balaban J connectivity index is 1.69. The molecule has 4 aromatic rings. The topological polar surface area (TPSA) is 84.9 Å². The monoisotopic (exact) mass is 429 g/mol. The van der Waals surface area contributed by atoms with Crippen molar-refractivity contribution in [2.75, 3.05) is 21.3 Å². The average Bonchev–Trinajstić information content (AvgIpc) is 3.22. The highest BCUT2D eigenvalue weighted by molar-refractivity contribution is 6.08. The van der Waals surface area contributed by atoms with Crippen LogP contribution in [0.25, 0.3) is 22.2 Å². The molecule has 162 valence electrons. The van der Waals surface area contributed by atoms with Gasteiger partial charge in [-0.3, -0.25) is 4.79 Å². The van der Waals surface area contributed by atoms with E-state index in [9.17, 15) is 4.79 Å². The molecule has 1 amide bonds. The van der Waals surface area contributed by atoms with Gasteiger partial charge >= 0.3 is 0 Å². The molecule has 0 aliphatic carbocycles. The minimum atomic E-state index is -0.378. The molecule has 0 aliphatic rings. The number of hydrazone groups is 1. The van der Waals surface area contributed by atoms with Gasteiger partial charge in [0.05, 0.1) is 38.8 Å². The maximum Gasteiger partial charge on any atom is 0.271 e. The molecule has 7 heteroatoms. The van der Waals surface area contributed by atoms with Crippen LogP contribution in [0.4, 0.5) is 0 Å². The molecule has 1 aromatic heterocycles. The summed E-state index contributed by atoms with van der Waals surface area (Å²) in [6.45, 7) is 0. The first-order valence-electron chi connectivity index (χ1n) is 9.95. The highest BCUT2D eigenvalue weighted by Gasteiger charge is 2.15. The highest BCUT2D eigenvalue weighted by atomic mass is 16.5. The van der Waals surface area contributed by atoms with Crippen LogP contribution in [-0.4, -0.2) is 38.4 Å². The normalized spacial score (nSPS) is 11.0. The summed E-state index contributed by atoms with van der Waals surface area (Å²) in [6.07, 6.45) is 1.63. The molecule has 32 heavy (non-hydrogen) atoms. The van der Waals surface area contributed by atoms with Gasteiger partial charge in [-0.1, -0.05) is 42.5 Å². The number of nitrogens with zero attached hydrogens (tertiary/aromatic N) is 1. The first kappa shape index (κ1) is 21.0. The molecule has 0 radical (unpaired) electrons. The number of ether oxygens (including phenoxy) is 3. The van der Waals surface area contributed by atoms with E-state index in [2.05, 4.69) is 15.5 Å². The summed E-state index contributed by atoms with van der Waals surface area (Å²) in [5.74, 6) is 1.39. The predicted molar refractivity (Wildman–Crippen MR) is 125 cm³/mol. The van der Waals surface area contributed by atoms with E-state index in [0.717, 1.165) is 33.5 Å². The fourth-order valence-electron chi connectivity index (χ4n) is 3.51. The number of aromatic nitrogens is 1. The van der Waals surface area contributed by atoms with Gasteiger partial charge in [0.2, 0.25) is 0 Å². The van der Waals surface area contributed by atoms with Crippen molar-refractivity contribution in [1.82, 2.24) is 10.4 Å². The van der Waals surface area contributed by atoms with E-state index in [4.69, 9.17) is 14.2 Å². The number of para-hydroxylation sites is 1. The SMILES string of the molecule is COc1cc(OC)cc(C(=O)NN=Cc2c(-c3ccccc3)[nH]c3c(OC)cccc23)c1. The standard InChI is InChI=1S/C25H23N3O4/c1-30-18-12-17(13-19(14-18)31-2)25(29)28-26-15-21-20-10-7-11-22(32-3)24(20)27-23(21)16-8-5-4-6-9-16/h4-15,27H,1-3H3,(H,28,29). The minimum Gasteiger partial charge on any atom is -0.497 e. The number of fused-ring (bicyclic) bond motifs is 1. The Kier molecular flexibility index (Phi) is 6.07. The van der Waals surface area contributed by atoms with E-state index in [1.54, 1.807) is 31.5 Å². The smallest absolute Gasteiger partial charge is 0.271 e. The summed E-state index contributed by atoms with van der Waals surface area (Å²) in [7, 11) is 4.70. The van der Waals surface area contributed by atoms with Crippen molar-refractivity contribution in [2.45, 2.75) is 0 Å². The molecule has 4 rings (SSSR count). The molecule has 7 nitrogen and oxygen atoms in total. The first-order valence-corrected chi connectivity index (χ1v) is 9.95. The Bertz CT molecular complexity index is 1260. The number of carbonyl (C=O) groups is 1. The fourth-order valence-corrected chi connectivity index (χ4v) is 3.51. The third-order valence-corrected chi connectivity index (χ3v) is 5.09. The number of hydrogen-bond acceptors (Lipinski definition) is 5. The van der Waals surface area contributed by atoms with Crippen LogP contribution in [0.2, 0.25) is 0 Å². The number of nitrogens with one attached hydrogen (secondary N) is 2. The molecule has 3 aromatic carbocycles. The van der Waals surface area contributed by atoms with Crippen molar-refractivity contribution in [3.05, 3.63) is 77.9 Å². The third kappa shape index (κ3) is 4.13. The Hall–Kier alpha value is -4.26. The number of H-pyrrole nitrogens is 1. The lowest BCUT2D eigenvalue weighted by molar-refractivity contribution is 0.0954. The Morgan fingerprint density at radius 1 is 0.906 bits per heavy atom. The van der Waals surface area contributed by atoms with Crippen LogP contribution in [0, 0.1) is 0 Å². The quantitative estimate of drug-likeness (QED) is 0.332. The Morgan fingerprint density at radius 2 is 1.62 bits per heavy atom. The van der Waals surface area contributed by atoms with E-state index < -0.39 is 0 Å². The van der Waals surface area contributed by atoms with Crippen molar-refractivity contribution in [3.63, 3.8) is 0 Å². The van der Waals surface area contributed by atoms with Crippen molar-refractivity contribution in [2.24, 2.45) is 5.10 Å². The lowest BCUT2D eigenvalue weighted by Crippen LogP contribution is -2.17. The fraction of sp³-hybridized carbons (Fsp3) is 0.120. The van der Waals surface area contributed by atoms with Gasteiger partial charge in [0.25, 0.3) is 5.91 Å². The number of rotatable bonds is 7. The van der Waals surface area contributed by atoms with Crippen molar-refractivity contribution < 1.29 is 19.0 Å². The van der Waals surface area contributed by atoms with Crippen LogP contribution >= 0.6 is 0 Å². The molecule has 0 unspecified atom stereocenters. The number of hydrogen-bond donors (Lipinski definition) is 2. The second kappa shape index (κ2) is 9.26. The summed E-state index contributed by atoms with van der Waals surface area (Å²) in [5, 5.41) is 5.16. The van der Waals surface area contributed by atoms with Gasteiger partial charge < -0.3 is 19.2 Å². The van der Waals surface area contributed by atoms with Gasteiger partial charge in [0.15, 0.2) is 0 Å². The number of methoxy groups -OCH3 is 3. The van der Waals surface area contributed by atoms with Crippen molar-refractivity contribution in [3.8, 4) is 28.5 Å². The van der Waals surface area contributed by atoms with E-state index in [0.29, 0.717) is 17.1 Å². The van der Waals surface area contributed by atoms with Crippen LogP contribution in [0.5, 0.6) is 17.2 Å². The zero-order valence-corrected chi connectivity index (χ0v) is 18.0. The van der Waals surface area contributed by atoms with E-state index >= 15 is 0 Å². The van der Waals surface area contributed by atoms with Crippen LogP contribution in [0.1, 0.15) is 15.9 Å². The zero-order chi connectivity index (χ0) is 22.5. The van der Waals surface area contributed by atoms with Crippen LogP contribution in [0.3, 0.4) is 0 Å². The number of benzene rings is 3. The Labute approximate surface area is 185 Å². The second-order valence-corrected chi connectivity index (χ2v) is 6.96. The van der Waals surface area contributed by atoms with Crippen LogP contribution in [-0.2, 0) is 0 Å². The minimum absolute atomic E-state index is 0.377. The van der Waals surface area contributed by atoms with Gasteiger partial charge in [-0.05, 0) is 23.8 Å². The Morgan fingerprint density at radius 3 is 2.28 bits per heavy atom. The third-order valence-electron chi connectivity index (χ3n) is 5.09. The summed E-state index contributed by atoms with van der Waals surface area (Å²) in [4.78, 5) is 16.1. The summed E-state index contributed by atoms with van der Waals surface area (Å²) >= 11 is 0. The molecule has 0 spiro atoms. The van der Waals surface area contributed by atoms with Crippen LogP contribution in [0.15, 0.2) is 71.8 Å². The van der Waals surface area contributed by atoms with Gasteiger partial charge in [0.1, 0.15) is 17.2 Å². The lowest BCUT2D eigenvalue weighted by atomic mass is 10.1. The first-order chi connectivity index (χ1) is 15.6. The largest absolute Gasteiger partial charge is 0.497 e. The molecule has 2 N–H and O–H groups in total. The average molecular weight is 429 g/mol. The molecule has 0 bridgehead atoms. The van der Waals surface area contributed by atoms with Crippen molar-refractivity contribution in [1.29, 1.82) is 0 Å². The highest BCUT2D eigenvalue weighted by Crippen LogP contribution is 2.33. The molecule has 1 heterocycles. The second-order valence-electron chi connectivity index (χ2n) is 6.96. The molecule has 0 atom stereocenters. The van der Waals surface area contributed by atoms with E-state index in [1.807, 2.05) is 48.5 Å². The molecule has 0 fully saturated rings. The van der Waals surface area contributed by atoms with E-state index in [-0.39, 0.29) is 5.91 Å². The lowest BCUT2D eigenvalue weighted by Gasteiger charge is -2.07. The number of aromatic amines is 1. The summed E-state index contributed by atoms with van der Waals surface area (Å²) < 4.78 is 16.0. The van der Waals surface area contributed by atoms with Crippen molar-refractivity contribution >= 4 is 23.0 Å². The zero-order valence-electron chi connectivity index (χ0n) is 18.0. The van der Waals surface area contributed by atoms with Crippen LogP contribution < -0.4 is 19.6 Å². The van der Waals surface area contributed by atoms with Gasteiger partial charge in [-0.25, -0.2) is 5.43 Å². The van der Waals surface area contributed by atoms with Gasteiger partial charge in [0, 0.05) is 22.6 Å². The number of carbonyl (C=O) groups excluding carboxylic acids is 1.